The zero-order chi connectivity index (χ0) is 13.1. The molecule has 0 rings (SSSR count). The summed E-state index contributed by atoms with van der Waals surface area (Å²) in [4.78, 5) is 13.8. The van der Waals surface area contributed by atoms with Crippen molar-refractivity contribution in [2.75, 3.05) is 33.8 Å². The number of rotatable bonds is 10. The van der Waals surface area contributed by atoms with E-state index in [-0.39, 0.29) is 12.0 Å². The largest absolute Gasteiger partial charge is 0.465 e. The maximum atomic E-state index is 11.7. The number of hydrogen-bond donors (Lipinski definition) is 1. The highest BCUT2D eigenvalue weighted by atomic mass is 16.5. The van der Waals surface area contributed by atoms with Crippen LogP contribution in [0.1, 0.15) is 39.5 Å². The highest BCUT2D eigenvalue weighted by Gasteiger charge is 2.18. The Balaban J connectivity index is 3.96. The van der Waals surface area contributed by atoms with Gasteiger partial charge in [-0.2, -0.15) is 0 Å². The van der Waals surface area contributed by atoms with Gasteiger partial charge in [-0.3, -0.25) is 4.79 Å². The van der Waals surface area contributed by atoms with Gasteiger partial charge in [0.2, 0.25) is 0 Å². The predicted molar refractivity (Wildman–Crippen MR) is 71.1 cm³/mol. The molecular weight excluding hydrogens is 216 g/mol. The lowest BCUT2D eigenvalue weighted by atomic mass is 10.1. The van der Waals surface area contributed by atoms with Crippen LogP contribution in [0.2, 0.25) is 0 Å². The van der Waals surface area contributed by atoms with Gasteiger partial charge in [0, 0.05) is 13.1 Å². The Morgan fingerprint density at radius 2 is 2.00 bits per heavy atom. The minimum Gasteiger partial charge on any atom is -0.465 e. The summed E-state index contributed by atoms with van der Waals surface area (Å²) in [6.45, 7) is 6.23. The van der Waals surface area contributed by atoms with Gasteiger partial charge in [-0.1, -0.05) is 26.2 Å². The van der Waals surface area contributed by atoms with Crippen LogP contribution in [-0.2, 0) is 9.53 Å². The number of nitrogens with zero attached hydrogens (tertiary/aromatic N) is 1. The summed E-state index contributed by atoms with van der Waals surface area (Å²) in [6, 6.07) is -0.138. The Morgan fingerprint density at radius 3 is 2.53 bits per heavy atom. The third-order valence-corrected chi connectivity index (χ3v) is 2.62. The molecule has 102 valence electrons. The van der Waals surface area contributed by atoms with Crippen LogP contribution in [-0.4, -0.2) is 50.7 Å². The summed E-state index contributed by atoms with van der Waals surface area (Å²) in [5.74, 6) is -0.109. The van der Waals surface area contributed by atoms with Gasteiger partial charge < -0.3 is 15.0 Å². The predicted octanol–water partition coefficient (Wildman–Crippen LogP) is 1.65. The van der Waals surface area contributed by atoms with Crippen molar-refractivity contribution in [3.05, 3.63) is 0 Å². The van der Waals surface area contributed by atoms with Crippen molar-refractivity contribution >= 4 is 5.97 Å². The summed E-state index contributed by atoms with van der Waals surface area (Å²) in [7, 11) is 4.05. The molecule has 0 fully saturated rings. The lowest BCUT2D eigenvalue weighted by molar-refractivity contribution is -0.145. The number of unbranched alkanes of at least 4 members (excludes halogenated alkanes) is 2. The molecule has 0 aromatic rings. The second-order valence-electron chi connectivity index (χ2n) is 4.56. The first-order chi connectivity index (χ1) is 8.11. The minimum atomic E-state index is -0.138. The van der Waals surface area contributed by atoms with Crippen LogP contribution in [0.25, 0.3) is 0 Å². The van der Waals surface area contributed by atoms with E-state index in [1.54, 1.807) is 0 Å². The average Bonchev–Trinajstić information content (AvgIpc) is 2.27. The average molecular weight is 244 g/mol. The number of ether oxygens (including phenoxy) is 1. The van der Waals surface area contributed by atoms with E-state index < -0.39 is 0 Å². The van der Waals surface area contributed by atoms with E-state index in [0.29, 0.717) is 6.61 Å². The molecule has 1 atom stereocenters. The fraction of sp³-hybridized carbons (Fsp3) is 0.923. The van der Waals surface area contributed by atoms with E-state index in [4.69, 9.17) is 4.74 Å². The zero-order valence-corrected chi connectivity index (χ0v) is 11.8. The Morgan fingerprint density at radius 1 is 1.29 bits per heavy atom. The molecule has 0 aromatic heterocycles. The fourth-order valence-electron chi connectivity index (χ4n) is 1.61. The topological polar surface area (TPSA) is 41.6 Å². The number of hydrogen-bond acceptors (Lipinski definition) is 4. The molecule has 0 heterocycles. The number of likely N-dealkylation sites (N-methyl/N-ethyl adjacent to an activating group) is 1. The van der Waals surface area contributed by atoms with Crippen molar-refractivity contribution in [3.63, 3.8) is 0 Å². The van der Waals surface area contributed by atoms with Gasteiger partial charge >= 0.3 is 5.97 Å². The third-order valence-electron chi connectivity index (χ3n) is 2.62. The Hall–Kier alpha value is -0.610. The van der Waals surface area contributed by atoms with E-state index in [2.05, 4.69) is 17.1 Å². The first-order valence-corrected chi connectivity index (χ1v) is 6.66. The number of nitrogens with one attached hydrogen (secondary N) is 1. The molecule has 1 N–H and O–H groups in total. The van der Waals surface area contributed by atoms with Gasteiger partial charge in [0.15, 0.2) is 0 Å². The SMILES string of the molecule is CCCCCC(NCCN(C)C)C(=O)OCC. The van der Waals surface area contributed by atoms with Crippen molar-refractivity contribution in [3.8, 4) is 0 Å². The van der Waals surface area contributed by atoms with Crippen LogP contribution in [0.4, 0.5) is 0 Å². The first kappa shape index (κ1) is 16.4. The number of esters is 1. The van der Waals surface area contributed by atoms with Gasteiger partial charge in [-0.15, -0.1) is 0 Å². The minimum absolute atomic E-state index is 0.109. The van der Waals surface area contributed by atoms with E-state index in [1.807, 2.05) is 21.0 Å². The van der Waals surface area contributed by atoms with Crippen molar-refractivity contribution < 1.29 is 9.53 Å². The Kier molecular flexibility index (Phi) is 10.2. The lowest BCUT2D eigenvalue weighted by Gasteiger charge is -2.18. The molecule has 4 heteroatoms. The molecule has 0 saturated carbocycles. The smallest absolute Gasteiger partial charge is 0.323 e. The Labute approximate surface area is 106 Å². The summed E-state index contributed by atoms with van der Waals surface area (Å²) >= 11 is 0. The molecular formula is C13H28N2O2. The first-order valence-electron chi connectivity index (χ1n) is 6.66. The van der Waals surface area contributed by atoms with E-state index in [1.165, 1.54) is 12.8 Å². The molecule has 0 aliphatic heterocycles. The maximum Gasteiger partial charge on any atom is 0.323 e. The summed E-state index contributed by atoms with van der Waals surface area (Å²) in [6.07, 6.45) is 4.30. The summed E-state index contributed by atoms with van der Waals surface area (Å²) in [5, 5.41) is 3.28. The van der Waals surface area contributed by atoms with Crippen LogP contribution in [0.3, 0.4) is 0 Å². The quantitative estimate of drug-likeness (QED) is 0.469. The zero-order valence-electron chi connectivity index (χ0n) is 11.8. The van der Waals surface area contributed by atoms with Gasteiger partial charge in [-0.05, 0) is 27.4 Å². The normalized spacial score (nSPS) is 12.8. The standard InChI is InChI=1S/C13H28N2O2/c1-5-7-8-9-12(13(16)17-6-2)14-10-11-15(3)4/h12,14H,5-11H2,1-4H3. The van der Waals surface area contributed by atoms with Crippen LogP contribution >= 0.6 is 0 Å². The summed E-state index contributed by atoms with van der Waals surface area (Å²) < 4.78 is 5.08. The van der Waals surface area contributed by atoms with E-state index in [0.717, 1.165) is 25.9 Å². The number of carbonyl (C=O) groups excluding carboxylic acids is 1. The molecule has 0 aliphatic carbocycles. The van der Waals surface area contributed by atoms with Crippen molar-refractivity contribution in [1.29, 1.82) is 0 Å². The van der Waals surface area contributed by atoms with E-state index >= 15 is 0 Å². The third kappa shape index (κ3) is 9.12. The van der Waals surface area contributed by atoms with Crippen molar-refractivity contribution in [1.82, 2.24) is 10.2 Å². The highest BCUT2D eigenvalue weighted by molar-refractivity contribution is 5.75. The fourth-order valence-corrected chi connectivity index (χ4v) is 1.61. The van der Waals surface area contributed by atoms with E-state index in [9.17, 15) is 4.79 Å². The highest BCUT2D eigenvalue weighted by Crippen LogP contribution is 2.05. The van der Waals surface area contributed by atoms with Gasteiger partial charge in [-0.25, -0.2) is 0 Å². The number of carbonyl (C=O) groups is 1. The molecule has 4 nitrogen and oxygen atoms in total. The van der Waals surface area contributed by atoms with Crippen LogP contribution in [0, 0.1) is 0 Å². The second kappa shape index (κ2) is 10.5. The van der Waals surface area contributed by atoms with Crippen molar-refractivity contribution in [2.24, 2.45) is 0 Å². The molecule has 17 heavy (non-hydrogen) atoms. The molecule has 0 spiro atoms. The summed E-state index contributed by atoms with van der Waals surface area (Å²) in [5.41, 5.74) is 0. The Bertz CT molecular complexity index is 196. The molecule has 0 bridgehead atoms. The van der Waals surface area contributed by atoms with Crippen LogP contribution in [0.15, 0.2) is 0 Å². The molecule has 1 unspecified atom stereocenters. The van der Waals surface area contributed by atoms with Gasteiger partial charge in [0.25, 0.3) is 0 Å². The molecule has 0 radical (unpaired) electrons. The lowest BCUT2D eigenvalue weighted by Crippen LogP contribution is -2.41. The van der Waals surface area contributed by atoms with Gasteiger partial charge in [0.1, 0.15) is 6.04 Å². The molecule has 0 amide bonds. The van der Waals surface area contributed by atoms with Crippen LogP contribution in [0.5, 0.6) is 0 Å². The monoisotopic (exact) mass is 244 g/mol. The second-order valence-corrected chi connectivity index (χ2v) is 4.56. The molecule has 0 aromatic carbocycles. The molecule has 0 saturated heterocycles. The van der Waals surface area contributed by atoms with Crippen molar-refractivity contribution in [2.45, 2.75) is 45.6 Å². The van der Waals surface area contributed by atoms with Crippen LogP contribution < -0.4 is 5.32 Å². The maximum absolute atomic E-state index is 11.7. The van der Waals surface area contributed by atoms with Gasteiger partial charge in [0.05, 0.1) is 6.61 Å². The molecule has 0 aliphatic rings.